The van der Waals surface area contributed by atoms with Gasteiger partial charge >= 0.3 is 0 Å². The maximum Gasteiger partial charge on any atom is 0.255 e. The lowest BCUT2D eigenvalue weighted by atomic mass is 10.0. The third-order valence-corrected chi connectivity index (χ3v) is 7.47. The highest BCUT2D eigenvalue weighted by molar-refractivity contribution is 7.89. The normalized spacial score (nSPS) is 11.4. The van der Waals surface area contributed by atoms with E-state index in [4.69, 9.17) is 11.6 Å². The summed E-state index contributed by atoms with van der Waals surface area (Å²) in [5.41, 5.74) is 1.52. The molecule has 0 saturated heterocycles. The van der Waals surface area contributed by atoms with E-state index >= 15 is 0 Å². The van der Waals surface area contributed by atoms with Gasteiger partial charge in [0, 0.05) is 35.5 Å². The van der Waals surface area contributed by atoms with E-state index in [-0.39, 0.29) is 34.4 Å². The highest BCUT2D eigenvalue weighted by atomic mass is 35.5. The summed E-state index contributed by atoms with van der Waals surface area (Å²) in [6, 6.07) is 19.5. The largest absolute Gasteiger partial charge is 0.322 e. The van der Waals surface area contributed by atoms with Gasteiger partial charge in [0.05, 0.1) is 5.02 Å². The molecule has 1 N–H and O–H groups in total. The topological polar surface area (TPSA) is 83.6 Å². The van der Waals surface area contributed by atoms with Crippen LogP contribution in [0.5, 0.6) is 0 Å². The Morgan fingerprint density at radius 3 is 2.16 bits per heavy atom. The molecule has 0 saturated carbocycles. The molecule has 0 aromatic heterocycles. The fraction of sp³-hybridized carbons (Fsp3) is 0.167. The SMILES string of the molecule is CCN(CC)S(=O)(=O)c1cc(C(=O)Nc2cccc(C(=O)c3ccccc3)c2)ccc1Cl. The monoisotopic (exact) mass is 470 g/mol. The molecule has 0 radical (unpaired) electrons. The van der Waals surface area contributed by atoms with E-state index in [1.165, 1.54) is 22.5 Å². The minimum Gasteiger partial charge on any atom is -0.322 e. The van der Waals surface area contributed by atoms with Gasteiger partial charge < -0.3 is 5.32 Å². The van der Waals surface area contributed by atoms with Crippen LogP contribution in [0.1, 0.15) is 40.1 Å². The van der Waals surface area contributed by atoms with Crippen molar-refractivity contribution in [3.8, 4) is 0 Å². The average molecular weight is 471 g/mol. The van der Waals surface area contributed by atoms with Crippen molar-refractivity contribution in [1.29, 1.82) is 0 Å². The second kappa shape index (κ2) is 10.1. The summed E-state index contributed by atoms with van der Waals surface area (Å²) in [7, 11) is -3.83. The van der Waals surface area contributed by atoms with Crippen LogP contribution in [-0.4, -0.2) is 37.5 Å². The first-order valence-corrected chi connectivity index (χ1v) is 11.9. The Morgan fingerprint density at radius 1 is 0.844 bits per heavy atom. The van der Waals surface area contributed by atoms with Crippen molar-refractivity contribution in [2.24, 2.45) is 0 Å². The molecule has 8 heteroatoms. The molecule has 0 bridgehead atoms. The fourth-order valence-corrected chi connectivity index (χ4v) is 5.20. The predicted octanol–water partition coefficient (Wildman–Crippen LogP) is 4.85. The number of sulfonamides is 1. The van der Waals surface area contributed by atoms with Gasteiger partial charge in [-0.1, -0.05) is 67.9 Å². The quantitative estimate of drug-likeness (QED) is 0.477. The summed E-state index contributed by atoms with van der Waals surface area (Å²) in [5, 5.41) is 2.76. The molecule has 6 nitrogen and oxygen atoms in total. The van der Waals surface area contributed by atoms with Gasteiger partial charge in [-0.15, -0.1) is 0 Å². The van der Waals surface area contributed by atoms with Crippen molar-refractivity contribution in [3.63, 3.8) is 0 Å². The van der Waals surface area contributed by atoms with Gasteiger partial charge in [-0.25, -0.2) is 8.42 Å². The van der Waals surface area contributed by atoms with Crippen LogP contribution in [0.3, 0.4) is 0 Å². The van der Waals surface area contributed by atoms with Crippen molar-refractivity contribution >= 4 is 39.0 Å². The third-order valence-electron chi connectivity index (χ3n) is 4.94. The van der Waals surface area contributed by atoms with E-state index < -0.39 is 15.9 Å². The number of anilines is 1. The number of hydrogen-bond acceptors (Lipinski definition) is 4. The van der Waals surface area contributed by atoms with Crippen molar-refractivity contribution in [1.82, 2.24) is 4.31 Å². The number of benzene rings is 3. The van der Waals surface area contributed by atoms with Crippen LogP contribution in [0.4, 0.5) is 5.69 Å². The van der Waals surface area contributed by atoms with E-state index in [0.717, 1.165) is 0 Å². The Bertz CT molecular complexity index is 1240. The van der Waals surface area contributed by atoms with Gasteiger partial charge in [-0.2, -0.15) is 4.31 Å². The summed E-state index contributed by atoms with van der Waals surface area (Å²) >= 11 is 6.14. The zero-order chi connectivity index (χ0) is 23.3. The first-order chi connectivity index (χ1) is 15.3. The summed E-state index contributed by atoms with van der Waals surface area (Å²) < 4.78 is 27.0. The number of carbonyl (C=O) groups is 2. The Balaban J connectivity index is 1.86. The number of amides is 1. The molecule has 1 amide bonds. The van der Waals surface area contributed by atoms with Gasteiger partial charge in [0.25, 0.3) is 5.91 Å². The highest BCUT2D eigenvalue weighted by Crippen LogP contribution is 2.26. The van der Waals surface area contributed by atoms with Crippen LogP contribution >= 0.6 is 11.6 Å². The Morgan fingerprint density at radius 2 is 1.50 bits per heavy atom. The van der Waals surface area contributed by atoms with E-state index in [9.17, 15) is 18.0 Å². The molecular weight excluding hydrogens is 448 g/mol. The molecule has 0 spiro atoms. The Labute approximate surface area is 192 Å². The van der Waals surface area contributed by atoms with E-state index in [2.05, 4.69) is 5.32 Å². The van der Waals surface area contributed by atoms with Crippen LogP contribution < -0.4 is 5.32 Å². The van der Waals surface area contributed by atoms with Gasteiger partial charge in [-0.05, 0) is 30.3 Å². The molecule has 0 heterocycles. The third kappa shape index (κ3) is 5.07. The number of halogens is 1. The van der Waals surface area contributed by atoms with Crippen molar-refractivity contribution < 1.29 is 18.0 Å². The van der Waals surface area contributed by atoms with E-state index in [0.29, 0.717) is 16.8 Å². The average Bonchev–Trinajstić information content (AvgIpc) is 2.80. The number of nitrogens with one attached hydrogen (secondary N) is 1. The smallest absolute Gasteiger partial charge is 0.255 e. The minimum absolute atomic E-state index is 0.0453. The van der Waals surface area contributed by atoms with Crippen LogP contribution in [0, 0.1) is 0 Å². The summed E-state index contributed by atoms with van der Waals surface area (Å²) in [6.07, 6.45) is 0. The van der Waals surface area contributed by atoms with Crippen LogP contribution in [0.15, 0.2) is 77.7 Å². The first kappa shape index (κ1) is 23.7. The molecule has 3 aromatic rings. The van der Waals surface area contributed by atoms with Crippen LogP contribution in [0.2, 0.25) is 5.02 Å². The van der Waals surface area contributed by atoms with Crippen LogP contribution in [0.25, 0.3) is 0 Å². The molecular formula is C24H23ClN2O4S. The van der Waals surface area contributed by atoms with E-state index in [1.807, 2.05) is 6.07 Å². The summed E-state index contributed by atoms with van der Waals surface area (Å²) in [6.45, 7) is 4.03. The van der Waals surface area contributed by atoms with Gasteiger partial charge in [0.2, 0.25) is 10.0 Å². The summed E-state index contributed by atoms with van der Waals surface area (Å²) in [4.78, 5) is 25.4. The second-order valence-electron chi connectivity index (χ2n) is 6.96. The molecule has 3 rings (SSSR count). The van der Waals surface area contributed by atoms with Gasteiger partial charge in [0.15, 0.2) is 5.78 Å². The Hall–Kier alpha value is -3.00. The number of ketones is 1. The fourth-order valence-electron chi connectivity index (χ4n) is 3.24. The van der Waals surface area contributed by atoms with Crippen molar-refractivity contribution in [2.45, 2.75) is 18.7 Å². The van der Waals surface area contributed by atoms with Crippen LogP contribution in [-0.2, 0) is 10.0 Å². The number of hydrogen-bond donors (Lipinski definition) is 1. The molecule has 3 aromatic carbocycles. The maximum atomic E-state index is 12.9. The van der Waals surface area contributed by atoms with Crippen molar-refractivity contribution in [2.75, 3.05) is 18.4 Å². The first-order valence-electron chi connectivity index (χ1n) is 10.1. The zero-order valence-corrected chi connectivity index (χ0v) is 19.3. The van der Waals surface area contributed by atoms with Gasteiger partial charge in [-0.3, -0.25) is 9.59 Å². The number of nitrogens with zero attached hydrogens (tertiary/aromatic N) is 1. The van der Waals surface area contributed by atoms with E-state index in [1.54, 1.807) is 62.4 Å². The zero-order valence-electron chi connectivity index (χ0n) is 17.7. The minimum atomic E-state index is -3.83. The van der Waals surface area contributed by atoms with Gasteiger partial charge in [0.1, 0.15) is 4.90 Å². The molecule has 32 heavy (non-hydrogen) atoms. The standard InChI is InChI=1S/C24H23ClN2O4S/c1-3-27(4-2)32(30,31)22-16-19(13-14-21(22)25)24(29)26-20-12-8-11-18(15-20)23(28)17-9-6-5-7-10-17/h5-16H,3-4H2,1-2H3,(H,26,29). The molecule has 0 aliphatic rings. The molecule has 0 aliphatic heterocycles. The summed E-state index contributed by atoms with van der Waals surface area (Å²) in [5.74, 6) is -0.678. The number of carbonyl (C=O) groups excluding carboxylic acids is 2. The number of rotatable bonds is 8. The molecule has 0 fully saturated rings. The molecule has 166 valence electrons. The molecule has 0 aliphatic carbocycles. The second-order valence-corrected chi connectivity index (χ2v) is 9.28. The predicted molar refractivity (Wildman–Crippen MR) is 126 cm³/mol. The molecule has 0 unspecified atom stereocenters. The highest BCUT2D eigenvalue weighted by Gasteiger charge is 2.25. The van der Waals surface area contributed by atoms with Crippen molar-refractivity contribution in [3.05, 3.63) is 94.5 Å². The molecule has 0 atom stereocenters. The maximum absolute atomic E-state index is 12.9. The lowest BCUT2D eigenvalue weighted by Gasteiger charge is -2.19. The lowest BCUT2D eigenvalue weighted by molar-refractivity contribution is 0.102. The lowest BCUT2D eigenvalue weighted by Crippen LogP contribution is -2.31. The Kier molecular flexibility index (Phi) is 7.45.